The molecule has 1 aromatic rings. The molecule has 1 aliphatic carbocycles. The van der Waals surface area contributed by atoms with Crippen LogP contribution in [-0.4, -0.2) is 36.6 Å². The lowest BCUT2D eigenvalue weighted by molar-refractivity contribution is 0.0613. The van der Waals surface area contributed by atoms with Crippen molar-refractivity contribution in [1.82, 2.24) is 4.90 Å². The van der Waals surface area contributed by atoms with Gasteiger partial charge in [-0.25, -0.2) is 0 Å². The summed E-state index contributed by atoms with van der Waals surface area (Å²) < 4.78 is 11.2. The van der Waals surface area contributed by atoms with Crippen LogP contribution in [-0.2, 0) is 0 Å². The van der Waals surface area contributed by atoms with Gasteiger partial charge in [0.05, 0.1) is 18.7 Å². The van der Waals surface area contributed by atoms with Crippen molar-refractivity contribution in [3.63, 3.8) is 0 Å². The number of rotatable bonds is 7. The van der Waals surface area contributed by atoms with Crippen LogP contribution in [0, 0.1) is 5.92 Å². The van der Waals surface area contributed by atoms with Crippen molar-refractivity contribution in [3.8, 4) is 11.5 Å². The molecule has 0 bridgehead atoms. The van der Waals surface area contributed by atoms with Crippen LogP contribution < -0.4 is 9.47 Å². The molecule has 0 heterocycles. The van der Waals surface area contributed by atoms with Gasteiger partial charge in [-0.05, 0) is 44.7 Å². The van der Waals surface area contributed by atoms with Crippen molar-refractivity contribution in [2.24, 2.45) is 5.92 Å². The fraction of sp³-hybridized carbons (Fsp3) is 0.650. The van der Waals surface area contributed by atoms with E-state index in [2.05, 4.69) is 27.7 Å². The number of carbonyl (C=O) groups is 1. The molecule has 0 aromatic heterocycles. The topological polar surface area (TPSA) is 38.8 Å². The molecule has 1 amide bonds. The Morgan fingerprint density at radius 1 is 1.24 bits per heavy atom. The highest BCUT2D eigenvalue weighted by molar-refractivity contribution is 6.32. The molecule has 1 aromatic carbocycles. The number of ether oxygens (including phenoxy) is 2. The average Bonchev–Trinajstić information content (AvgIpc) is 3.06. The molecule has 0 aliphatic heterocycles. The summed E-state index contributed by atoms with van der Waals surface area (Å²) in [7, 11) is 1.57. The number of benzene rings is 1. The highest BCUT2D eigenvalue weighted by Crippen LogP contribution is 2.37. The Bertz CT molecular complexity index is 595. The maximum atomic E-state index is 13.1. The monoisotopic (exact) mass is 367 g/mol. The van der Waals surface area contributed by atoms with Crippen LogP contribution in [0.15, 0.2) is 12.1 Å². The van der Waals surface area contributed by atoms with Gasteiger partial charge in [0.1, 0.15) is 0 Å². The third-order valence-corrected chi connectivity index (χ3v) is 4.83. The number of hydrogen-bond acceptors (Lipinski definition) is 3. The standard InChI is InChI=1S/C20H30ClNO3/c1-13(2)12-25-19-17(21)10-15(11-18(19)24-5)20(23)22(14(3)4)16-8-6-7-9-16/h10-11,13-14,16H,6-9,12H2,1-5H3. The van der Waals surface area contributed by atoms with Crippen LogP contribution in [0.5, 0.6) is 11.5 Å². The maximum Gasteiger partial charge on any atom is 0.254 e. The zero-order valence-corrected chi connectivity index (χ0v) is 16.7. The molecule has 1 saturated carbocycles. The molecule has 0 spiro atoms. The van der Waals surface area contributed by atoms with Crippen LogP contribution in [0.25, 0.3) is 0 Å². The molecule has 1 aliphatic rings. The minimum atomic E-state index is 0.0116. The van der Waals surface area contributed by atoms with Gasteiger partial charge in [0, 0.05) is 17.6 Å². The van der Waals surface area contributed by atoms with Crippen molar-refractivity contribution >= 4 is 17.5 Å². The van der Waals surface area contributed by atoms with Gasteiger partial charge in [-0.2, -0.15) is 0 Å². The molecule has 5 heteroatoms. The Hall–Kier alpha value is -1.42. The molecule has 25 heavy (non-hydrogen) atoms. The molecule has 0 N–H and O–H groups in total. The highest BCUT2D eigenvalue weighted by atomic mass is 35.5. The van der Waals surface area contributed by atoms with Gasteiger partial charge >= 0.3 is 0 Å². The molecule has 2 rings (SSSR count). The number of hydrogen-bond donors (Lipinski definition) is 0. The van der Waals surface area contributed by atoms with Crippen molar-refractivity contribution in [2.45, 2.75) is 65.5 Å². The van der Waals surface area contributed by atoms with Crippen LogP contribution in [0.1, 0.15) is 63.7 Å². The second kappa shape index (κ2) is 8.79. The van der Waals surface area contributed by atoms with Crippen molar-refractivity contribution in [2.75, 3.05) is 13.7 Å². The summed E-state index contributed by atoms with van der Waals surface area (Å²) in [6, 6.07) is 3.91. The summed E-state index contributed by atoms with van der Waals surface area (Å²) in [5.74, 6) is 1.40. The predicted molar refractivity (Wildman–Crippen MR) is 102 cm³/mol. The SMILES string of the molecule is COc1cc(C(=O)N(C(C)C)C2CCCC2)cc(Cl)c1OCC(C)C. The van der Waals surface area contributed by atoms with E-state index in [4.69, 9.17) is 21.1 Å². The molecule has 4 nitrogen and oxygen atoms in total. The first-order valence-corrected chi connectivity index (χ1v) is 9.56. The lowest BCUT2D eigenvalue weighted by atomic mass is 10.1. The number of amides is 1. The van der Waals surface area contributed by atoms with Crippen LogP contribution in [0.3, 0.4) is 0 Å². The zero-order valence-electron chi connectivity index (χ0n) is 16.0. The number of nitrogens with zero attached hydrogens (tertiary/aromatic N) is 1. The van der Waals surface area contributed by atoms with E-state index in [1.54, 1.807) is 19.2 Å². The van der Waals surface area contributed by atoms with E-state index in [1.807, 2.05) is 4.90 Å². The van der Waals surface area contributed by atoms with Crippen LogP contribution >= 0.6 is 11.6 Å². The zero-order chi connectivity index (χ0) is 18.6. The van der Waals surface area contributed by atoms with Crippen molar-refractivity contribution in [1.29, 1.82) is 0 Å². The second-order valence-electron chi connectivity index (χ2n) is 7.44. The lowest BCUT2D eigenvalue weighted by Crippen LogP contribution is -2.43. The first-order valence-electron chi connectivity index (χ1n) is 9.18. The van der Waals surface area contributed by atoms with Gasteiger partial charge in [-0.3, -0.25) is 4.79 Å². The summed E-state index contributed by atoms with van der Waals surface area (Å²) in [4.78, 5) is 15.1. The third-order valence-electron chi connectivity index (χ3n) is 4.55. The summed E-state index contributed by atoms with van der Waals surface area (Å²) in [6.45, 7) is 8.81. The Kier molecular flexibility index (Phi) is 7.00. The first-order chi connectivity index (χ1) is 11.8. The van der Waals surface area contributed by atoms with E-state index in [1.165, 1.54) is 12.8 Å². The maximum absolute atomic E-state index is 13.1. The van der Waals surface area contributed by atoms with E-state index < -0.39 is 0 Å². The van der Waals surface area contributed by atoms with E-state index >= 15 is 0 Å². The smallest absolute Gasteiger partial charge is 0.254 e. The van der Waals surface area contributed by atoms with Gasteiger partial charge in [-0.15, -0.1) is 0 Å². The fourth-order valence-corrected chi connectivity index (χ4v) is 3.65. The Morgan fingerprint density at radius 3 is 2.40 bits per heavy atom. The number of carbonyl (C=O) groups excluding carboxylic acids is 1. The quantitative estimate of drug-likeness (QED) is 0.666. The highest BCUT2D eigenvalue weighted by Gasteiger charge is 2.30. The predicted octanol–water partition coefficient (Wildman–Crippen LogP) is 5.18. The minimum Gasteiger partial charge on any atom is -0.493 e. The molecule has 140 valence electrons. The van der Waals surface area contributed by atoms with Crippen LogP contribution in [0.2, 0.25) is 5.02 Å². The lowest BCUT2D eigenvalue weighted by Gasteiger charge is -2.33. The van der Waals surface area contributed by atoms with Crippen molar-refractivity contribution < 1.29 is 14.3 Å². The van der Waals surface area contributed by atoms with Gasteiger partial charge in [-0.1, -0.05) is 38.3 Å². The molecule has 0 saturated heterocycles. The fourth-order valence-electron chi connectivity index (χ4n) is 3.39. The number of halogens is 1. The molecule has 0 atom stereocenters. The van der Waals surface area contributed by atoms with Gasteiger partial charge in [0.25, 0.3) is 5.91 Å². The van der Waals surface area contributed by atoms with E-state index in [0.29, 0.717) is 40.7 Å². The summed E-state index contributed by atoms with van der Waals surface area (Å²) >= 11 is 6.41. The third kappa shape index (κ3) is 4.81. The van der Waals surface area contributed by atoms with E-state index in [0.717, 1.165) is 12.8 Å². The summed E-state index contributed by atoms with van der Waals surface area (Å²) in [5.41, 5.74) is 0.555. The average molecular weight is 368 g/mol. The van der Waals surface area contributed by atoms with Crippen LogP contribution in [0.4, 0.5) is 0 Å². The van der Waals surface area contributed by atoms with E-state index in [9.17, 15) is 4.79 Å². The Balaban J connectivity index is 2.31. The molecule has 0 radical (unpaired) electrons. The first kappa shape index (κ1) is 19.9. The largest absolute Gasteiger partial charge is 0.493 e. The van der Waals surface area contributed by atoms with Crippen molar-refractivity contribution in [3.05, 3.63) is 22.7 Å². The molecule has 1 fully saturated rings. The van der Waals surface area contributed by atoms with Gasteiger partial charge in [0.15, 0.2) is 11.5 Å². The molecular formula is C20H30ClNO3. The number of methoxy groups -OCH3 is 1. The Labute approximate surface area is 156 Å². The molecular weight excluding hydrogens is 338 g/mol. The van der Waals surface area contributed by atoms with E-state index in [-0.39, 0.29) is 11.9 Å². The van der Waals surface area contributed by atoms with Gasteiger partial charge in [0.2, 0.25) is 0 Å². The second-order valence-corrected chi connectivity index (χ2v) is 7.85. The van der Waals surface area contributed by atoms with Gasteiger partial charge < -0.3 is 14.4 Å². The summed E-state index contributed by atoms with van der Waals surface area (Å²) in [6.07, 6.45) is 4.52. The minimum absolute atomic E-state index is 0.0116. The normalized spacial score (nSPS) is 15.0. The molecule has 0 unspecified atom stereocenters. The summed E-state index contributed by atoms with van der Waals surface area (Å²) in [5, 5.41) is 0.415. The Morgan fingerprint density at radius 2 is 1.88 bits per heavy atom.